The van der Waals surface area contributed by atoms with E-state index in [1.807, 2.05) is 13.0 Å². The lowest BCUT2D eigenvalue weighted by Gasteiger charge is -2.14. The summed E-state index contributed by atoms with van der Waals surface area (Å²) >= 11 is 12.7. The molecule has 184 valence electrons. The molecule has 2 amide bonds. The lowest BCUT2D eigenvalue weighted by atomic mass is 10.0. The Morgan fingerprint density at radius 1 is 1.00 bits per heavy atom. The minimum atomic E-state index is -0.584. The molecule has 0 radical (unpaired) electrons. The van der Waals surface area contributed by atoms with E-state index < -0.39 is 12.0 Å². The fraction of sp³-hybridized carbons (Fsp3) is 0.107. The van der Waals surface area contributed by atoms with Gasteiger partial charge in [0.2, 0.25) is 0 Å². The summed E-state index contributed by atoms with van der Waals surface area (Å²) in [4.78, 5) is 37.2. The van der Waals surface area contributed by atoms with E-state index in [4.69, 9.17) is 27.9 Å². The van der Waals surface area contributed by atoms with Crippen LogP contribution in [0.1, 0.15) is 30.6 Å². The number of fused-ring (bicyclic) bond motifs is 1. The molecule has 3 aromatic carbocycles. The van der Waals surface area contributed by atoms with Crippen LogP contribution in [0, 0.1) is 0 Å². The summed E-state index contributed by atoms with van der Waals surface area (Å²) < 4.78 is 5.15. The Morgan fingerprint density at radius 2 is 1.78 bits per heavy atom. The molecule has 36 heavy (non-hydrogen) atoms. The molecule has 3 aromatic rings. The second kappa shape index (κ2) is 12.2. The number of urea groups is 1. The molecular formula is C28H24Cl2N2O4. The molecule has 0 bridgehead atoms. The molecule has 6 nitrogen and oxygen atoms in total. The van der Waals surface area contributed by atoms with Gasteiger partial charge in [0, 0.05) is 34.5 Å². The average molecular weight is 523 g/mol. The van der Waals surface area contributed by atoms with Crippen molar-refractivity contribution in [2.75, 3.05) is 10.6 Å². The summed E-state index contributed by atoms with van der Waals surface area (Å²) in [7, 11) is 0. The second-order valence-electron chi connectivity index (χ2n) is 7.67. The third-order valence-electron chi connectivity index (χ3n) is 4.99. The van der Waals surface area contributed by atoms with E-state index in [0.717, 1.165) is 0 Å². The SMILES string of the molecule is C=C/C=C\C(=C/CC)C(=O)c1cccc(NC(=O)Nc2c(Cl)cc(Cl)c3ccc(OC(C)=O)cc23)c1. The van der Waals surface area contributed by atoms with Crippen LogP contribution in [0.15, 0.2) is 85.0 Å². The van der Waals surface area contributed by atoms with E-state index in [-0.39, 0.29) is 22.2 Å². The Balaban J connectivity index is 1.87. The van der Waals surface area contributed by atoms with Crippen LogP contribution in [-0.2, 0) is 4.79 Å². The van der Waals surface area contributed by atoms with Gasteiger partial charge in [-0.1, -0.05) is 73.1 Å². The summed E-state index contributed by atoms with van der Waals surface area (Å²) in [5.41, 5.74) is 1.65. The molecule has 0 atom stereocenters. The number of halogens is 2. The summed E-state index contributed by atoms with van der Waals surface area (Å²) in [5, 5.41) is 7.14. The van der Waals surface area contributed by atoms with Crippen LogP contribution >= 0.6 is 23.2 Å². The lowest BCUT2D eigenvalue weighted by molar-refractivity contribution is -0.131. The molecule has 0 saturated heterocycles. The Kier molecular flexibility index (Phi) is 9.06. The third kappa shape index (κ3) is 6.62. The largest absolute Gasteiger partial charge is 0.427 e. The first-order chi connectivity index (χ1) is 17.2. The van der Waals surface area contributed by atoms with Crippen molar-refractivity contribution >= 4 is 63.1 Å². The first-order valence-corrected chi connectivity index (χ1v) is 11.8. The number of carbonyl (C=O) groups is 3. The molecule has 0 unspecified atom stereocenters. The van der Waals surface area contributed by atoms with Crippen molar-refractivity contribution in [3.05, 3.63) is 101 Å². The fourth-order valence-corrected chi connectivity index (χ4v) is 4.08. The van der Waals surface area contributed by atoms with Crippen LogP contribution in [0.2, 0.25) is 10.0 Å². The van der Waals surface area contributed by atoms with Crippen LogP contribution in [0.5, 0.6) is 5.75 Å². The lowest BCUT2D eigenvalue weighted by Crippen LogP contribution is -2.20. The van der Waals surface area contributed by atoms with E-state index in [0.29, 0.717) is 39.0 Å². The van der Waals surface area contributed by atoms with Crippen LogP contribution in [-0.4, -0.2) is 17.8 Å². The second-order valence-corrected chi connectivity index (χ2v) is 8.48. The number of Topliss-reactive ketones (excluding diaryl/α,β-unsaturated/α-hetero) is 1. The number of benzene rings is 3. The van der Waals surface area contributed by atoms with Gasteiger partial charge in [0.15, 0.2) is 5.78 Å². The molecule has 2 N–H and O–H groups in total. The van der Waals surface area contributed by atoms with E-state index in [2.05, 4.69) is 17.2 Å². The maximum Gasteiger partial charge on any atom is 0.323 e. The monoisotopic (exact) mass is 522 g/mol. The summed E-state index contributed by atoms with van der Waals surface area (Å²) in [6.07, 6.45) is 7.51. The molecule has 0 aliphatic rings. The molecule has 0 saturated carbocycles. The molecule has 3 rings (SSSR count). The van der Waals surface area contributed by atoms with Crippen LogP contribution in [0.25, 0.3) is 10.8 Å². The van der Waals surface area contributed by atoms with Crippen LogP contribution in [0.4, 0.5) is 16.2 Å². The maximum absolute atomic E-state index is 13.0. The number of amides is 2. The van der Waals surface area contributed by atoms with Gasteiger partial charge < -0.3 is 15.4 Å². The predicted molar refractivity (Wildman–Crippen MR) is 146 cm³/mol. The van der Waals surface area contributed by atoms with Crippen molar-refractivity contribution in [2.45, 2.75) is 20.3 Å². The smallest absolute Gasteiger partial charge is 0.323 e. The van der Waals surface area contributed by atoms with Crippen molar-refractivity contribution < 1.29 is 19.1 Å². The quantitative estimate of drug-likeness (QED) is 0.103. The Labute approximate surface area is 219 Å². The van der Waals surface area contributed by atoms with Gasteiger partial charge in [-0.05, 0) is 42.8 Å². The van der Waals surface area contributed by atoms with Crippen molar-refractivity contribution in [1.82, 2.24) is 0 Å². The van der Waals surface area contributed by atoms with Gasteiger partial charge in [0.05, 0.1) is 15.7 Å². The molecular weight excluding hydrogens is 499 g/mol. The molecule has 0 spiro atoms. The highest BCUT2D eigenvalue weighted by atomic mass is 35.5. The number of nitrogens with one attached hydrogen (secondary N) is 2. The zero-order chi connectivity index (χ0) is 26.2. The minimum Gasteiger partial charge on any atom is -0.427 e. The average Bonchev–Trinajstić information content (AvgIpc) is 2.83. The molecule has 0 aliphatic carbocycles. The van der Waals surface area contributed by atoms with Gasteiger partial charge in [-0.15, -0.1) is 0 Å². The minimum absolute atomic E-state index is 0.177. The van der Waals surface area contributed by atoms with Gasteiger partial charge in [0.1, 0.15) is 5.75 Å². The zero-order valence-electron chi connectivity index (χ0n) is 19.7. The highest BCUT2D eigenvalue weighted by Crippen LogP contribution is 2.38. The topological polar surface area (TPSA) is 84.5 Å². The first kappa shape index (κ1) is 26.7. The van der Waals surface area contributed by atoms with Gasteiger partial charge in [-0.3, -0.25) is 9.59 Å². The maximum atomic E-state index is 13.0. The normalized spacial score (nSPS) is 11.4. The zero-order valence-corrected chi connectivity index (χ0v) is 21.2. The van der Waals surface area contributed by atoms with Crippen LogP contribution < -0.4 is 15.4 Å². The Bertz CT molecular complexity index is 1410. The van der Waals surface area contributed by atoms with Crippen molar-refractivity contribution in [3.8, 4) is 5.75 Å². The number of esters is 1. The summed E-state index contributed by atoms with van der Waals surface area (Å²) in [5.74, 6) is -0.380. The molecule has 0 fully saturated rings. The van der Waals surface area contributed by atoms with E-state index in [9.17, 15) is 14.4 Å². The molecule has 0 aromatic heterocycles. The van der Waals surface area contributed by atoms with Gasteiger partial charge >= 0.3 is 12.0 Å². The number of rotatable bonds is 8. The third-order valence-corrected chi connectivity index (χ3v) is 5.60. The van der Waals surface area contributed by atoms with E-state index in [1.165, 1.54) is 13.0 Å². The molecule has 0 heterocycles. The molecule has 0 aliphatic heterocycles. The van der Waals surface area contributed by atoms with Crippen molar-refractivity contribution in [1.29, 1.82) is 0 Å². The van der Waals surface area contributed by atoms with Gasteiger partial charge in [-0.25, -0.2) is 4.79 Å². The number of hydrogen-bond donors (Lipinski definition) is 2. The summed E-state index contributed by atoms with van der Waals surface area (Å²) in [6.45, 7) is 6.87. The van der Waals surface area contributed by atoms with Gasteiger partial charge in [-0.2, -0.15) is 0 Å². The number of hydrogen-bond acceptors (Lipinski definition) is 4. The number of allylic oxidation sites excluding steroid dienone is 5. The van der Waals surface area contributed by atoms with Gasteiger partial charge in [0.25, 0.3) is 0 Å². The standard InChI is InChI=1S/C28H24Cl2N2O4/c1-4-6-9-18(8-5-2)27(34)19-10-7-11-20(14-19)31-28(35)32-26-23-15-21(36-17(3)33)12-13-22(23)24(29)16-25(26)30/h4,6-16H,1,5H2,2-3H3,(H2,31,32,35)/b9-6-,18-8+. The van der Waals surface area contributed by atoms with E-state index >= 15 is 0 Å². The first-order valence-electron chi connectivity index (χ1n) is 11.1. The van der Waals surface area contributed by atoms with Crippen molar-refractivity contribution in [3.63, 3.8) is 0 Å². The Hall–Kier alpha value is -3.87. The van der Waals surface area contributed by atoms with E-state index in [1.54, 1.807) is 60.7 Å². The van der Waals surface area contributed by atoms with Crippen molar-refractivity contribution in [2.24, 2.45) is 0 Å². The number of carbonyl (C=O) groups excluding carboxylic acids is 3. The number of anilines is 2. The number of ether oxygens (including phenoxy) is 1. The number of ketones is 1. The summed E-state index contributed by atoms with van der Waals surface area (Å²) in [6, 6.07) is 12.4. The Morgan fingerprint density at radius 3 is 2.47 bits per heavy atom. The van der Waals surface area contributed by atoms with Crippen LogP contribution in [0.3, 0.4) is 0 Å². The highest BCUT2D eigenvalue weighted by Gasteiger charge is 2.16. The fourth-order valence-electron chi connectivity index (χ4n) is 3.49. The predicted octanol–water partition coefficient (Wildman–Crippen LogP) is 7.98. The highest BCUT2D eigenvalue weighted by molar-refractivity contribution is 6.41. The molecule has 8 heteroatoms.